The van der Waals surface area contributed by atoms with Crippen LogP contribution in [0.2, 0.25) is 0 Å². The highest BCUT2D eigenvalue weighted by atomic mass is 32.2. The van der Waals surface area contributed by atoms with Crippen LogP contribution < -0.4 is 8.92 Å². The molecule has 0 amide bonds. The quantitative estimate of drug-likeness (QED) is 0.295. The largest absolute Gasteiger partial charge is 0.508 e. The van der Waals surface area contributed by atoms with Crippen molar-refractivity contribution in [3.8, 4) is 23.0 Å². The predicted octanol–water partition coefficient (Wildman–Crippen LogP) is 5.05. The van der Waals surface area contributed by atoms with E-state index in [0.29, 0.717) is 11.3 Å². The lowest BCUT2D eigenvalue weighted by atomic mass is 9.85. The van der Waals surface area contributed by atoms with E-state index in [2.05, 4.69) is 0 Å². The van der Waals surface area contributed by atoms with Crippen LogP contribution in [0.4, 0.5) is 0 Å². The first kappa shape index (κ1) is 22.2. The molecule has 0 atom stereocenters. The number of ether oxygens (including phenoxy) is 1. The Kier molecular flexibility index (Phi) is 6.24. The van der Waals surface area contributed by atoms with Crippen molar-refractivity contribution < 1.29 is 27.6 Å². The molecule has 6 nitrogen and oxygen atoms in total. The van der Waals surface area contributed by atoms with Crippen molar-refractivity contribution in [1.29, 1.82) is 0 Å². The molecule has 0 aromatic heterocycles. The lowest BCUT2D eigenvalue weighted by Crippen LogP contribution is -2.15. The van der Waals surface area contributed by atoms with E-state index in [4.69, 9.17) is 8.92 Å². The summed E-state index contributed by atoms with van der Waals surface area (Å²) in [6.45, 7) is 0. The first-order valence-corrected chi connectivity index (χ1v) is 11.5. The summed E-state index contributed by atoms with van der Waals surface area (Å²) in [5, 5.41) is 19.5. The number of phenols is 2. The van der Waals surface area contributed by atoms with Gasteiger partial charge in [-0.25, -0.2) is 0 Å². The van der Waals surface area contributed by atoms with Gasteiger partial charge in [0.25, 0.3) is 0 Å². The second kappa shape index (κ2) is 9.26. The summed E-state index contributed by atoms with van der Waals surface area (Å²) in [5.41, 5.74) is 2.04. The molecule has 4 aromatic rings. The van der Waals surface area contributed by atoms with Gasteiger partial charge in [-0.05, 0) is 71.3 Å². The minimum absolute atomic E-state index is 0.0203. The molecule has 168 valence electrons. The number of benzene rings is 4. The standard InChI is InChI=1S/C26H22O6S/c1-31-22-14-16-23(17-15-22)32-33(29,30)25-5-3-2-4-24(25)26(18-6-10-20(27)11-7-18)19-8-12-21(28)13-9-19/h2-17,26-28H,1H3. The zero-order valence-corrected chi connectivity index (χ0v) is 18.6. The molecule has 7 heteroatoms. The Balaban J connectivity index is 1.82. The Morgan fingerprint density at radius 1 is 0.667 bits per heavy atom. The van der Waals surface area contributed by atoms with E-state index in [1.165, 1.54) is 25.3 Å². The van der Waals surface area contributed by atoms with E-state index in [1.54, 1.807) is 78.9 Å². The van der Waals surface area contributed by atoms with Gasteiger partial charge in [-0.1, -0.05) is 42.5 Å². The minimum Gasteiger partial charge on any atom is -0.508 e. The molecular weight excluding hydrogens is 440 g/mol. The van der Waals surface area contributed by atoms with Gasteiger partial charge in [-0.2, -0.15) is 8.42 Å². The van der Waals surface area contributed by atoms with E-state index in [1.807, 2.05) is 0 Å². The average Bonchev–Trinajstić information content (AvgIpc) is 2.82. The summed E-state index contributed by atoms with van der Waals surface area (Å²) in [6, 6.07) is 26.1. The van der Waals surface area contributed by atoms with Gasteiger partial charge in [0.1, 0.15) is 27.9 Å². The number of rotatable bonds is 7. The molecule has 0 bridgehead atoms. The number of hydrogen-bond acceptors (Lipinski definition) is 6. The fraction of sp³-hybridized carbons (Fsp3) is 0.0769. The normalized spacial score (nSPS) is 11.3. The van der Waals surface area contributed by atoms with Crippen LogP contribution in [0.5, 0.6) is 23.0 Å². The Morgan fingerprint density at radius 3 is 1.67 bits per heavy atom. The molecule has 0 unspecified atom stereocenters. The first-order valence-electron chi connectivity index (χ1n) is 10.1. The first-order chi connectivity index (χ1) is 15.9. The summed E-state index contributed by atoms with van der Waals surface area (Å²) < 4.78 is 37.2. The van der Waals surface area contributed by atoms with Gasteiger partial charge < -0.3 is 19.1 Å². The maximum Gasteiger partial charge on any atom is 0.339 e. The third-order valence-corrected chi connectivity index (χ3v) is 6.54. The van der Waals surface area contributed by atoms with Crippen molar-refractivity contribution in [1.82, 2.24) is 0 Å². The van der Waals surface area contributed by atoms with Crippen molar-refractivity contribution in [2.24, 2.45) is 0 Å². The maximum atomic E-state index is 13.3. The van der Waals surface area contributed by atoms with Crippen LogP contribution >= 0.6 is 0 Å². The molecule has 0 spiro atoms. The highest BCUT2D eigenvalue weighted by Crippen LogP contribution is 2.37. The van der Waals surface area contributed by atoms with Crippen LogP contribution in [-0.2, 0) is 10.1 Å². The number of hydrogen-bond donors (Lipinski definition) is 2. The van der Waals surface area contributed by atoms with Gasteiger partial charge in [0.15, 0.2) is 0 Å². The summed E-state index contributed by atoms with van der Waals surface area (Å²) in [7, 11) is -2.66. The second-order valence-corrected chi connectivity index (χ2v) is 8.88. The topological polar surface area (TPSA) is 93.1 Å². The Bertz CT molecular complexity index is 1280. The maximum absolute atomic E-state index is 13.3. The molecule has 0 fully saturated rings. The van der Waals surface area contributed by atoms with Gasteiger partial charge >= 0.3 is 10.1 Å². The average molecular weight is 463 g/mol. The zero-order valence-electron chi connectivity index (χ0n) is 17.8. The molecule has 0 saturated carbocycles. The Labute approximate surface area is 192 Å². The fourth-order valence-corrected chi connectivity index (χ4v) is 4.81. The summed E-state index contributed by atoms with van der Waals surface area (Å²) in [5.74, 6) is 0.465. The molecule has 0 aliphatic heterocycles. The Morgan fingerprint density at radius 2 is 1.15 bits per heavy atom. The van der Waals surface area contributed by atoms with Gasteiger partial charge in [0.05, 0.1) is 7.11 Å². The van der Waals surface area contributed by atoms with Gasteiger partial charge in [-0.3, -0.25) is 0 Å². The van der Waals surface area contributed by atoms with Crippen molar-refractivity contribution in [3.63, 3.8) is 0 Å². The summed E-state index contributed by atoms with van der Waals surface area (Å²) in [4.78, 5) is 0.0203. The highest BCUT2D eigenvalue weighted by Gasteiger charge is 2.27. The summed E-state index contributed by atoms with van der Waals surface area (Å²) >= 11 is 0. The third kappa shape index (κ3) is 4.94. The van der Waals surface area contributed by atoms with Gasteiger partial charge in [0.2, 0.25) is 0 Å². The lowest BCUT2D eigenvalue weighted by molar-refractivity contribution is 0.413. The van der Waals surface area contributed by atoms with Crippen molar-refractivity contribution in [2.45, 2.75) is 10.8 Å². The molecule has 0 aliphatic rings. The van der Waals surface area contributed by atoms with Gasteiger partial charge in [-0.15, -0.1) is 0 Å². The third-order valence-electron chi connectivity index (χ3n) is 5.22. The lowest BCUT2D eigenvalue weighted by Gasteiger charge is -2.22. The van der Waals surface area contributed by atoms with Crippen LogP contribution in [0.25, 0.3) is 0 Å². The van der Waals surface area contributed by atoms with Crippen molar-refractivity contribution in [2.75, 3.05) is 7.11 Å². The second-order valence-electron chi connectivity index (χ2n) is 7.37. The van der Waals surface area contributed by atoms with E-state index < -0.39 is 16.0 Å². The van der Waals surface area contributed by atoms with E-state index in [-0.39, 0.29) is 22.1 Å². The molecule has 4 aromatic carbocycles. The van der Waals surface area contributed by atoms with Crippen LogP contribution in [0.1, 0.15) is 22.6 Å². The highest BCUT2D eigenvalue weighted by molar-refractivity contribution is 7.87. The molecule has 33 heavy (non-hydrogen) atoms. The van der Waals surface area contributed by atoms with Crippen LogP contribution in [-0.4, -0.2) is 25.7 Å². The van der Waals surface area contributed by atoms with Crippen LogP contribution in [0.15, 0.2) is 102 Å². The molecule has 0 aliphatic carbocycles. The van der Waals surface area contributed by atoms with E-state index in [0.717, 1.165) is 11.1 Å². The molecular formula is C26H22O6S. The van der Waals surface area contributed by atoms with Crippen LogP contribution in [0.3, 0.4) is 0 Å². The van der Waals surface area contributed by atoms with Crippen LogP contribution in [0, 0.1) is 0 Å². The minimum atomic E-state index is -4.18. The fourth-order valence-electron chi connectivity index (χ4n) is 3.63. The number of methoxy groups -OCH3 is 1. The molecule has 0 heterocycles. The van der Waals surface area contributed by atoms with E-state index in [9.17, 15) is 18.6 Å². The van der Waals surface area contributed by atoms with E-state index >= 15 is 0 Å². The number of aromatic hydroxyl groups is 2. The molecule has 0 radical (unpaired) electrons. The zero-order chi connectivity index (χ0) is 23.4. The SMILES string of the molecule is COc1ccc(OS(=O)(=O)c2ccccc2C(c2ccc(O)cc2)c2ccc(O)cc2)cc1. The number of phenolic OH excluding ortho intramolecular Hbond substituents is 2. The van der Waals surface area contributed by atoms with Crippen molar-refractivity contribution in [3.05, 3.63) is 114 Å². The monoisotopic (exact) mass is 462 g/mol. The molecule has 4 rings (SSSR count). The predicted molar refractivity (Wildman–Crippen MR) is 124 cm³/mol. The summed E-state index contributed by atoms with van der Waals surface area (Å²) in [6.07, 6.45) is 0. The Hall–Kier alpha value is -3.97. The smallest absolute Gasteiger partial charge is 0.339 e. The molecule has 0 saturated heterocycles. The molecule has 2 N–H and O–H groups in total. The van der Waals surface area contributed by atoms with Crippen molar-refractivity contribution >= 4 is 10.1 Å². The van der Waals surface area contributed by atoms with Gasteiger partial charge in [0, 0.05) is 5.92 Å².